The highest BCUT2D eigenvalue weighted by Gasteiger charge is 2.31. The molecule has 8 heteroatoms. The first-order valence-corrected chi connectivity index (χ1v) is 8.20. The highest BCUT2D eigenvalue weighted by molar-refractivity contribution is 5.41. The topological polar surface area (TPSA) is 45.2 Å². The fourth-order valence-corrected chi connectivity index (χ4v) is 3.05. The van der Waals surface area contributed by atoms with E-state index < -0.39 is 11.7 Å². The number of hydrogen-bond donors (Lipinski definition) is 0. The molecular weight excluding hydrogens is 331 g/mol. The van der Waals surface area contributed by atoms with Crippen molar-refractivity contribution in [2.24, 2.45) is 5.92 Å². The Morgan fingerprint density at radius 1 is 1.12 bits per heavy atom. The van der Waals surface area contributed by atoms with E-state index in [9.17, 15) is 13.2 Å². The maximum Gasteiger partial charge on any atom is 0.416 e. The van der Waals surface area contributed by atoms with Crippen molar-refractivity contribution < 1.29 is 13.2 Å². The number of anilines is 2. The summed E-state index contributed by atoms with van der Waals surface area (Å²) in [6.07, 6.45) is 2.20. The summed E-state index contributed by atoms with van der Waals surface area (Å²) in [4.78, 5) is 16.5. The van der Waals surface area contributed by atoms with Crippen LogP contribution in [-0.4, -0.2) is 41.6 Å². The molecule has 134 valence electrons. The number of piperidine rings is 1. The van der Waals surface area contributed by atoms with E-state index in [1.807, 2.05) is 0 Å². The summed E-state index contributed by atoms with van der Waals surface area (Å²) >= 11 is 0. The number of hydrogen-bond acceptors (Lipinski definition) is 5. The largest absolute Gasteiger partial charge is 0.416 e. The molecule has 1 saturated heterocycles. The first kappa shape index (κ1) is 17.4. The third kappa shape index (κ3) is 4.37. The number of alkyl halides is 3. The van der Waals surface area contributed by atoms with Gasteiger partial charge in [0.05, 0.1) is 5.56 Å². The second-order valence-electron chi connectivity index (χ2n) is 6.26. The zero-order valence-electron chi connectivity index (χ0n) is 13.9. The molecule has 0 bridgehead atoms. The smallest absolute Gasteiger partial charge is 0.359 e. The number of aromatic nitrogens is 3. The van der Waals surface area contributed by atoms with Crippen LogP contribution in [0.25, 0.3) is 0 Å². The minimum absolute atomic E-state index is 0.351. The number of pyridine rings is 1. The van der Waals surface area contributed by atoms with Crippen molar-refractivity contribution in [3.63, 3.8) is 0 Å². The molecule has 0 amide bonds. The van der Waals surface area contributed by atoms with Crippen molar-refractivity contribution >= 4 is 11.8 Å². The summed E-state index contributed by atoms with van der Waals surface area (Å²) in [6, 6.07) is 3.88. The van der Waals surface area contributed by atoms with E-state index in [0.29, 0.717) is 18.3 Å². The molecule has 2 aromatic heterocycles. The Bertz CT molecular complexity index is 684. The lowest BCUT2D eigenvalue weighted by Crippen LogP contribution is -2.38. The van der Waals surface area contributed by atoms with Crippen molar-refractivity contribution in [1.29, 1.82) is 0 Å². The minimum Gasteiger partial charge on any atom is -0.359 e. The van der Waals surface area contributed by atoms with Gasteiger partial charge in [0.1, 0.15) is 5.82 Å². The third-order valence-corrected chi connectivity index (χ3v) is 4.45. The molecule has 2 aromatic rings. The number of nitrogens with zero attached hydrogens (tertiary/aromatic N) is 5. The van der Waals surface area contributed by atoms with E-state index in [2.05, 4.69) is 19.9 Å². The molecule has 0 saturated carbocycles. The van der Waals surface area contributed by atoms with Crippen LogP contribution in [0.15, 0.2) is 36.8 Å². The predicted octanol–water partition coefficient (Wildman–Crippen LogP) is 3.24. The highest BCUT2D eigenvalue weighted by atomic mass is 19.4. The molecule has 0 aliphatic carbocycles. The summed E-state index contributed by atoms with van der Waals surface area (Å²) in [5.74, 6) is 1.49. The van der Waals surface area contributed by atoms with E-state index in [0.717, 1.165) is 44.0 Å². The quantitative estimate of drug-likeness (QED) is 0.846. The molecule has 0 aromatic carbocycles. The number of rotatable bonds is 4. The SMILES string of the molecule is CN(CC1CCN(c2ncccn2)CC1)c1cc(C(F)(F)F)ccn1. The van der Waals surface area contributed by atoms with Crippen LogP contribution in [-0.2, 0) is 6.18 Å². The first-order chi connectivity index (χ1) is 11.9. The lowest BCUT2D eigenvalue weighted by atomic mass is 9.96. The van der Waals surface area contributed by atoms with Crippen LogP contribution in [0, 0.1) is 5.92 Å². The highest BCUT2D eigenvalue weighted by Crippen LogP contribution is 2.31. The summed E-state index contributed by atoms with van der Waals surface area (Å²) < 4.78 is 38.5. The average molecular weight is 351 g/mol. The van der Waals surface area contributed by atoms with Crippen molar-refractivity contribution in [1.82, 2.24) is 15.0 Å². The molecule has 0 spiro atoms. The molecule has 0 radical (unpaired) electrons. The maximum atomic E-state index is 12.8. The molecule has 1 aliphatic heterocycles. The normalized spacial score (nSPS) is 16.1. The summed E-state index contributed by atoms with van der Waals surface area (Å²) in [6.45, 7) is 2.37. The molecule has 25 heavy (non-hydrogen) atoms. The summed E-state index contributed by atoms with van der Waals surface area (Å²) in [5.41, 5.74) is -0.666. The maximum absolute atomic E-state index is 12.8. The van der Waals surface area contributed by atoms with Gasteiger partial charge >= 0.3 is 6.18 Å². The molecule has 3 rings (SSSR count). The monoisotopic (exact) mass is 351 g/mol. The van der Waals surface area contributed by atoms with Crippen molar-refractivity contribution in [2.45, 2.75) is 19.0 Å². The van der Waals surface area contributed by atoms with E-state index in [1.54, 1.807) is 30.4 Å². The fraction of sp³-hybridized carbons (Fsp3) is 0.471. The Labute approximate surface area is 144 Å². The Morgan fingerprint density at radius 3 is 2.44 bits per heavy atom. The zero-order chi connectivity index (χ0) is 17.9. The van der Waals surface area contributed by atoms with Gasteiger partial charge in [-0.1, -0.05) is 0 Å². The Balaban J connectivity index is 1.57. The van der Waals surface area contributed by atoms with Gasteiger partial charge in [0.25, 0.3) is 0 Å². The van der Waals surface area contributed by atoms with Crippen LogP contribution in [0.3, 0.4) is 0 Å². The van der Waals surface area contributed by atoms with Crippen LogP contribution in [0.2, 0.25) is 0 Å². The Kier molecular flexibility index (Phi) is 5.06. The van der Waals surface area contributed by atoms with Gasteiger partial charge in [-0.3, -0.25) is 0 Å². The van der Waals surface area contributed by atoms with Gasteiger partial charge in [-0.05, 0) is 37.0 Å². The second kappa shape index (κ2) is 7.25. The van der Waals surface area contributed by atoms with Crippen LogP contribution in [0.5, 0.6) is 0 Å². The molecule has 0 atom stereocenters. The van der Waals surface area contributed by atoms with Crippen LogP contribution in [0.1, 0.15) is 18.4 Å². The molecule has 5 nitrogen and oxygen atoms in total. The minimum atomic E-state index is -4.35. The van der Waals surface area contributed by atoms with Crippen LogP contribution in [0.4, 0.5) is 24.9 Å². The third-order valence-electron chi connectivity index (χ3n) is 4.45. The van der Waals surface area contributed by atoms with Gasteiger partial charge in [0, 0.05) is 45.3 Å². The lowest BCUT2D eigenvalue weighted by molar-refractivity contribution is -0.137. The lowest BCUT2D eigenvalue weighted by Gasteiger charge is -2.34. The van der Waals surface area contributed by atoms with Crippen LogP contribution >= 0.6 is 0 Å². The zero-order valence-corrected chi connectivity index (χ0v) is 13.9. The van der Waals surface area contributed by atoms with Crippen molar-refractivity contribution in [3.8, 4) is 0 Å². The van der Waals surface area contributed by atoms with E-state index in [-0.39, 0.29) is 0 Å². The van der Waals surface area contributed by atoms with Crippen LogP contribution < -0.4 is 9.80 Å². The second-order valence-corrected chi connectivity index (χ2v) is 6.26. The molecule has 0 N–H and O–H groups in total. The van der Waals surface area contributed by atoms with Gasteiger partial charge in [0.2, 0.25) is 5.95 Å². The molecule has 0 unspecified atom stereocenters. The van der Waals surface area contributed by atoms with Gasteiger partial charge in [-0.25, -0.2) is 15.0 Å². The number of halogens is 3. The molecule has 1 aliphatic rings. The van der Waals surface area contributed by atoms with Gasteiger partial charge in [-0.2, -0.15) is 13.2 Å². The standard InChI is InChI=1S/C17H20F3N5/c1-24(15-11-14(3-8-21-15)17(18,19)20)12-13-4-9-25(10-5-13)16-22-6-2-7-23-16/h2-3,6-8,11,13H,4-5,9-10,12H2,1H3. The van der Waals surface area contributed by atoms with Gasteiger partial charge < -0.3 is 9.80 Å². The van der Waals surface area contributed by atoms with Crippen molar-refractivity contribution in [2.75, 3.05) is 36.5 Å². The van der Waals surface area contributed by atoms with E-state index >= 15 is 0 Å². The van der Waals surface area contributed by atoms with Gasteiger partial charge in [-0.15, -0.1) is 0 Å². The predicted molar refractivity (Wildman–Crippen MR) is 89.5 cm³/mol. The molecule has 3 heterocycles. The Morgan fingerprint density at radius 2 is 1.80 bits per heavy atom. The molecule has 1 fully saturated rings. The fourth-order valence-electron chi connectivity index (χ4n) is 3.05. The summed E-state index contributed by atoms with van der Waals surface area (Å²) in [7, 11) is 1.79. The summed E-state index contributed by atoms with van der Waals surface area (Å²) in [5, 5.41) is 0. The van der Waals surface area contributed by atoms with E-state index in [4.69, 9.17) is 0 Å². The van der Waals surface area contributed by atoms with Crippen molar-refractivity contribution in [3.05, 3.63) is 42.4 Å². The van der Waals surface area contributed by atoms with Gasteiger partial charge in [0.15, 0.2) is 0 Å². The Hall–Kier alpha value is -2.38. The van der Waals surface area contributed by atoms with E-state index in [1.165, 1.54) is 6.20 Å². The molecular formula is C17H20F3N5. The average Bonchev–Trinajstić information content (AvgIpc) is 2.62. The first-order valence-electron chi connectivity index (χ1n) is 8.20.